The number of nitrogens with one attached hydrogen (secondary N) is 1. The molecule has 0 bridgehead atoms. The third-order valence-corrected chi connectivity index (χ3v) is 5.75. The van der Waals surface area contributed by atoms with Crippen LogP contribution < -0.4 is 0 Å². The van der Waals surface area contributed by atoms with Crippen LogP contribution in [0.15, 0.2) is 17.8 Å². The maximum atomic E-state index is 4.62. The highest BCUT2D eigenvalue weighted by atomic mass is 32.2. The molecule has 1 aromatic heterocycles. The number of thioether (sulfide) groups is 1. The SMILES string of the molecule is C=CCCCCCCCCc1nc(SCCCCCCCCCC)n[nH]1. The van der Waals surface area contributed by atoms with Crippen molar-refractivity contribution in [3.63, 3.8) is 0 Å². The van der Waals surface area contributed by atoms with Gasteiger partial charge in [0.1, 0.15) is 5.82 Å². The molecule has 0 saturated heterocycles. The van der Waals surface area contributed by atoms with Crippen LogP contribution in [0.5, 0.6) is 0 Å². The highest BCUT2D eigenvalue weighted by Crippen LogP contribution is 2.17. The summed E-state index contributed by atoms with van der Waals surface area (Å²) in [6, 6.07) is 0. The molecule has 0 spiro atoms. The van der Waals surface area contributed by atoms with Crippen molar-refractivity contribution in [3.8, 4) is 0 Å². The molecule has 1 heterocycles. The molecule has 0 aromatic carbocycles. The summed E-state index contributed by atoms with van der Waals surface area (Å²) < 4.78 is 0. The Morgan fingerprint density at radius 3 is 2.15 bits per heavy atom. The summed E-state index contributed by atoms with van der Waals surface area (Å²) in [5.74, 6) is 2.21. The van der Waals surface area contributed by atoms with Gasteiger partial charge in [-0.15, -0.1) is 11.7 Å². The predicted octanol–water partition coefficient (Wildman–Crippen LogP) is 7.50. The Morgan fingerprint density at radius 1 is 0.846 bits per heavy atom. The van der Waals surface area contributed by atoms with E-state index in [9.17, 15) is 0 Å². The van der Waals surface area contributed by atoms with E-state index in [2.05, 4.69) is 28.7 Å². The monoisotopic (exact) mass is 379 g/mol. The second kappa shape index (κ2) is 17.6. The number of allylic oxidation sites excluding steroid dienone is 1. The minimum Gasteiger partial charge on any atom is -0.262 e. The number of H-pyrrole nitrogens is 1. The van der Waals surface area contributed by atoms with Crippen molar-refractivity contribution in [1.82, 2.24) is 15.2 Å². The molecule has 4 heteroatoms. The molecule has 0 amide bonds. The lowest BCUT2D eigenvalue weighted by atomic mass is 10.1. The molecule has 150 valence electrons. The molecule has 0 aliphatic carbocycles. The van der Waals surface area contributed by atoms with Gasteiger partial charge in [0, 0.05) is 12.2 Å². The van der Waals surface area contributed by atoms with Crippen LogP contribution in [-0.4, -0.2) is 20.9 Å². The maximum absolute atomic E-state index is 4.62. The fourth-order valence-electron chi connectivity index (χ4n) is 3.14. The van der Waals surface area contributed by atoms with Gasteiger partial charge < -0.3 is 0 Å². The number of hydrogen-bond acceptors (Lipinski definition) is 3. The van der Waals surface area contributed by atoms with Crippen LogP contribution in [0.2, 0.25) is 0 Å². The Morgan fingerprint density at radius 2 is 1.46 bits per heavy atom. The summed E-state index contributed by atoms with van der Waals surface area (Å²) in [4.78, 5) is 4.62. The minimum atomic E-state index is 0.937. The van der Waals surface area contributed by atoms with Crippen molar-refractivity contribution in [3.05, 3.63) is 18.5 Å². The van der Waals surface area contributed by atoms with Crippen LogP contribution in [0.4, 0.5) is 0 Å². The van der Waals surface area contributed by atoms with Crippen molar-refractivity contribution >= 4 is 11.8 Å². The van der Waals surface area contributed by atoms with E-state index in [1.807, 2.05) is 6.08 Å². The summed E-state index contributed by atoms with van der Waals surface area (Å²) in [5, 5.41) is 8.40. The van der Waals surface area contributed by atoms with Crippen molar-refractivity contribution in [1.29, 1.82) is 0 Å². The number of unbranched alkanes of at least 4 members (excludes halogenated alkanes) is 13. The fourth-order valence-corrected chi connectivity index (χ4v) is 3.96. The summed E-state index contributed by atoms with van der Waals surface area (Å²) in [5.41, 5.74) is 0. The third kappa shape index (κ3) is 13.4. The first-order chi connectivity index (χ1) is 12.9. The van der Waals surface area contributed by atoms with Crippen LogP contribution in [0.3, 0.4) is 0 Å². The van der Waals surface area contributed by atoms with Gasteiger partial charge in [0.05, 0.1) is 0 Å². The van der Waals surface area contributed by atoms with E-state index in [4.69, 9.17) is 0 Å². The van der Waals surface area contributed by atoms with Gasteiger partial charge in [0.15, 0.2) is 0 Å². The number of aryl methyl sites for hydroxylation is 1. The smallest absolute Gasteiger partial charge is 0.208 e. The zero-order chi connectivity index (χ0) is 18.7. The lowest BCUT2D eigenvalue weighted by Crippen LogP contribution is -1.89. The van der Waals surface area contributed by atoms with Crippen LogP contribution in [0.1, 0.15) is 109 Å². The molecule has 0 atom stereocenters. The Labute approximate surface area is 166 Å². The van der Waals surface area contributed by atoms with Gasteiger partial charge >= 0.3 is 0 Å². The standard InChI is InChI=1S/C22H41N3S/c1-3-5-7-9-11-13-15-17-19-21-23-22(25-24-21)26-20-18-16-14-12-10-8-6-4-2/h3H,1,4-20H2,2H3,(H,23,24,25). The molecular formula is C22H41N3S. The summed E-state index contributed by atoms with van der Waals surface area (Å²) in [6.07, 6.45) is 23.1. The van der Waals surface area contributed by atoms with E-state index in [1.54, 1.807) is 11.8 Å². The Kier molecular flexibility index (Phi) is 15.8. The van der Waals surface area contributed by atoms with Crippen LogP contribution in [0.25, 0.3) is 0 Å². The van der Waals surface area contributed by atoms with Crippen molar-refractivity contribution < 1.29 is 0 Å². The molecule has 3 nitrogen and oxygen atoms in total. The summed E-state index contributed by atoms with van der Waals surface area (Å²) >= 11 is 1.81. The van der Waals surface area contributed by atoms with Gasteiger partial charge in [-0.05, 0) is 25.7 Å². The van der Waals surface area contributed by atoms with Gasteiger partial charge in [0.2, 0.25) is 5.16 Å². The predicted molar refractivity (Wildman–Crippen MR) is 116 cm³/mol. The summed E-state index contributed by atoms with van der Waals surface area (Å²) in [7, 11) is 0. The molecule has 0 saturated carbocycles. The Balaban J connectivity index is 1.92. The lowest BCUT2D eigenvalue weighted by molar-refractivity contribution is 0.586. The average Bonchev–Trinajstić information content (AvgIpc) is 3.10. The topological polar surface area (TPSA) is 41.6 Å². The number of aromatic nitrogens is 3. The Bertz CT molecular complexity index is 431. The lowest BCUT2D eigenvalue weighted by Gasteiger charge is -2.00. The molecule has 0 aliphatic rings. The van der Waals surface area contributed by atoms with Crippen LogP contribution in [-0.2, 0) is 6.42 Å². The number of rotatable bonds is 19. The zero-order valence-electron chi connectivity index (χ0n) is 17.1. The van der Waals surface area contributed by atoms with E-state index in [0.717, 1.165) is 29.6 Å². The van der Waals surface area contributed by atoms with E-state index >= 15 is 0 Å². The van der Waals surface area contributed by atoms with Gasteiger partial charge in [-0.25, -0.2) is 4.98 Å². The Hall–Kier alpha value is -0.770. The molecule has 26 heavy (non-hydrogen) atoms. The normalized spacial score (nSPS) is 11.1. The van der Waals surface area contributed by atoms with Gasteiger partial charge in [-0.1, -0.05) is 95.4 Å². The molecule has 1 rings (SSSR count). The molecular weight excluding hydrogens is 338 g/mol. The van der Waals surface area contributed by atoms with E-state index in [-0.39, 0.29) is 0 Å². The largest absolute Gasteiger partial charge is 0.262 e. The first-order valence-electron chi connectivity index (χ1n) is 11.0. The van der Waals surface area contributed by atoms with Crippen molar-refractivity contribution in [2.45, 2.75) is 115 Å². The molecule has 0 aliphatic heterocycles. The van der Waals surface area contributed by atoms with E-state index in [0.29, 0.717) is 0 Å². The third-order valence-electron chi connectivity index (χ3n) is 4.81. The number of hydrogen-bond donors (Lipinski definition) is 1. The van der Waals surface area contributed by atoms with Gasteiger partial charge in [-0.2, -0.15) is 0 Å². The second-order valence-corrected chi connectivity index (χ2v) is 8.40. The first-order valence-corrected chi connectivity index (χ1v) is 12.0. The van der Waals surface area contributed by atoms with Crippen molar-refractivity contribution in [2.75, 3.05) is 5.75 Å². The first kappa shape index (κ1) is 23.3. The molecule has 1 aromatic rings. The molecule has 0 fully saturated rings. The molecule has 0 unspecified atom stereocenters. The number of aromatic amines is 1. The summed E-state index contributed by atoms with van der Waals surface area (Å²) in [6.45, 7) is 6.05. The minimum absolute atomic E-state index is 0.937. The van der Waals surface area contributed by atoms with E-state index in [1.165, 1.54) is 89.9 Å². The zero-order valence-corrected chi connectivity index (χ0v) is 17.9. The van der Waals surface area contributed by atoms with Gasteiger partial charge in [0.25, 0.3) is 0 Å². The highest BCUT2D eigenvalue weighted by Gasteiger charge is 2.03. The van der Waals surface area contributed by atoms with Crippen molar-refractivity contribution in [2.24, 2.45) is 0 Å². The van der Waals surface area contributed by atoms with Crippen LogP contribution in [0, 0.1) is 0 Å². The maximum Gasteiger partial charge on any atom is 0.208 e. The number of nitrogens with zero attached hydrogens (tertiary/aromatic N) is 2. The quantitative estimate of drug-likeness (QED) is 0.154. The second-order valence-electron chi connectivity index (χ2n) is 7.34. The molecule has 0 radical (unpaired) electrons. The molecule has 1 N–H and O–H groups in total. The highest BCUT2D eigenvalue weighted by molar-refractivity contribution is 7.99. The van der Waals surface area contributed by atoms with E-state index < -0.39 is 0 Å². The van der Waals surface area contributed by atoms with Crippen LogP contribution >= 0.6 is 11.8 Å². The fraction of sp³-hybridized carbons (Fsp3) is 0.818. The van der Waals surface area contributed by atoms with Gasteiger partial charge in [-0.3, -0.25) is 5.10 Å². The average molecular weight is 380 g/mol.